The lowest BCUT2D eigenvalue weighted by molar-refractivity contribution is -0.122. The van der Waals surface area contributed by atoms with Gasteiger partial charge < -0.3 is 10.1 Å². The molecule has 1 aromatic heterocycles. The predicted octanol–water partition coefficient (Wildman–Crippen LogP) is 1.51. The topological polar surface area (TPSA) is 73.2 Å². The first-order valence-corrected chi connectivity index (χ1v) is 8.15. The van der Waals surface area contributed by atoms with Gasteiger partial charge in [0, 0.05) is 30.5 Å². The fourth-order valence-electron chi connectivity index (χ4n) is 2.81. The van der Waals surface area contributed by atoms with Gasteiger partial charge >= 0.3 is 0 Å². The highest BCUT2D eigenvalue weighted by Crippen LogP contribution is 2.15. The summed E-state index contributed by atoms with van der Waals surface area (Å²) < 4.78 is 6.90. The average molecular weight is 327 g/mol. The maximum Gasteiger partial charge on any atom is 0.254 e. The standard InChI is InChI=1S/C18H21N3O3/c1-13-10-17(23)21(18(20-13)14-6-3-2-4-7-14)12-16(22)19-11-15-8-5-9-24-15/h2-4,6-7,10,15H,5,8-9,11-12H2,1H3,(H,19,22)/t15-/m0/s1. The van der Waals surface area contributed by atoms with Crippen LogP contribution in [0.2, 0.25) is 0 Å². The summed E-state index contributed by atoms with van der Waals surface area (Å²) in [6.45, 7) is 2.95. The van der Waals surface area contributed by atoms with E-state index in [0.29, 0.717) is 18.1 Å². The summed E-state index contributed by atoms with van der Waals surface area (Å²) >= 11 is 0. The van der Waals surface area contributed by atoms with Gasteiger partial charge in [-0.1, -0.05) is 30.3 Å². The number of hydrogen-bond donors (Lipinski definition) is 1. The number of nitrogens with zero attached hydrogens (tertiary/aromatic N) is 2. The summed E-state index contributed by atoms with van der Waals surface area (Å²) in [5.74, 6) is 0.295. The van der Waals surface area contributed by atoms with Crippen molar-refractivity contribution in [3.8, 4) is 11.4 Å². The van der Waals surface area contributed by atoms with E-state index in [1.807, 2.05) is 30.3 Å². The quantitative estimate of drug-likeness (QED) is 0.903. The Morgan fingerprint density at radius 2 is 2.17 bits per heavy atom. The molecular formula is C18H21N3O3. The molecule has 3 rings (SSSR count). The second kappa shape index (κ2) is 7.40. The molecule has 1 fully saturated rings. The van der Waals surface area contributed by atoms with Crippen LogP contribution in [-0.4, -0.2) is 34.7 Å². The van der Waals surface area contributed by atoms with E-state index in [4.69, 9.17) is 4.74 Å². The van der Waals surface area contributed by atoms with Gasteiger partial charge in [0.25, 0.3) is 5.56 Å². The van der Waals surface area contributed by atoms with Crippen molar-refractivity contribution in [3.05, 3.63) is 52.4 Å². The van der Waals surface area contributed by atoms with Crippen molar-refractivity contribution < 1.29 is 9.53 Å². The van der Waals surface area contributed by atoms with Crippen LogP contribution in [0.1, 0.15) is 18.5 Å². The number of amides is 1. The van der Waals surface area contributed by atoms with E-state index in [0.717, 1.165) is 25.0 Å². The molecule has 1 atom stereocenters. The minimum absolute atomic E-state index is 0.0525. The normalized spacial score (nSPS) is 17.0. The molecule has 6 heteroatoms. The highest BCUT2D eigenvalue weighted by molar-refractivity contribution is 5.76. The van der Waals surface area contributed by atoms with E-state index in [-0.39, 0.29) is 24.1 Å². The molecule has 6 nitrogen and oxygen atoms in total. The van der Waals surface area contributed by atoms with Gasteiger partial charge in [-0.05, 0) is 19.8 Å². The summed E-state index contributed by atoms with van der Waals surface area (Å²) in [6, 6.07) is 10.9. The van der Waals surface area contributed by atoms with E-state index in [9.17, 15) is 9.59 Å². The number of benzene rings is 1. The van der Waals surface area contributed by atoms with Gasteiger partial charge in [-0.25, -0.2) is 4.98 Å². The molecule has 126 valence electrons. The summed E-state index contributed by atoms with van der Waals surface area (Å²) in [4.78, 5) is 29.0. The summed E-state index contributed by atoms with van der Waals surface area (Å²) in [7, 11) is 0. The smallest absolute Gasteiger partial charge is 0.254 e. The second-order valence-corrected chi connectivity index (χ2v) is 5.95. The third-order valence-electron chi connectivity index (χ3n) is 4.02. The molecule has 1 aliphatic heterocycles. The maximum absolute atomic E-state index is 12.3. The van der Waals surface area contributed by atoms with Crippen molar-refractivity contribution in [2.75, 3.05) is 13.2 Å². The number of carbonyl (C=O) groups excluding carboxylic acids is 1. The highest BCUT2D eigenvalue weighted by Gasteiger charge is 2.17. The Bertz CT molecular complexity index is 765. The van der Waals surface area contributed by atoms with Gasteiger partial charge in [0.15, 0.2) is 0 Å². The Morgan fingerprint density at radius 1 is 1.38 bits per heavy atom. The van der Waals surface area contributed by atoms with Gasteiger partial charge in [-0.3, -0.25) is 14.2 Å². The molecule has 1 amide bonds. The van der Waals surface area contributed by atoms with Gasteiger partial charge in [0.1, 0.15) is 12.4 Å². The maximum atomic E-state index is 12.3. The van der Waals surface area contributed by atoms with Crippen LogP contribution in [0.25, 0.3) is 11.4 Å². The molecule has 0 radical (unpaired) electrons. The average Bonchev–Trinajstić information content (AvgIpc) is 3.09. The first kappa shape index (κ1) is 16.4. The van der Waals surface area contributed by atoms with Crippen LogP contribution < -0.4 is 10.9 Å². The van der Waals surface area contributed by atoms with Crippen LogP contribution in [-0.2, 0) is 16.1 Å². The number of nitrogens with one attached hydrogen (secondary N) is 1. The molecule has 1 aromatic carbocycles. The number of aryl methyl sites for hydroxylation is 1. The van der Waals surface area contributed by atoms with Crippen LogP contribution in [0.3, 0.4) is 0 Å². The molecule has 1 N–H and O–H groups in total. The van der Waals surface area contributed by atoms with Crippen LogP contribution in [0, 0.1) is 6.92 Å². The molecule has 24 heavy (non-hydrogen) atoms. The largest absolute Gasteiger partial charge is 0.376 e. The van der Waals surface area contributed by atoms with Gasteiger partial charge in [-0.15, -0.1) is 0 Å². The predicted molar refractivity (Wildman–Crippen MR) is 90.7 cm³/mol. The van der Waals surface area contributed by atoms with E-state index in [1.165, 1.54) is 10.6 Å². The van der Waals surface area contributed by atoms with Crippen molar-refractivity contribution in [2.24, 2.45) is 0 Å². The van der Waals surface area contributed by atoms with Crippen LogP contribution >= 0.6 is 0 Å². The van der Waals surface area contributed by atoms with Crippen molar-refractivity contribution in [3.63, 3.8) is 0 Å². The van der Waals surface area contributed by atoms with Gasteiger partial charge in [0.05, 0.1) is 6.10 Å². The number of ether oxygens (including phenoxy) is 1. The molecule has 1 aliphatic rings. The first-order valence-electron chi connectivity index (χ1n) is 8.15. The summed E-state index contributed by atoms with van der Waals surface area (Å²) in [5.41, 5.74) is 1.22. The zero-order chi connectivity index (χ0) is 16.9. The minimum Gasteiger partial charge on any atom is -0.376 e. The first-order chi connectivity index (χ1) is 11.6. The van der Waals surface area contributed by atoms with E-state index in [2.05, 4.69) is 10.3 Å². The van der Waals surface area contributed by atoms with Crippen molar-refractivity contribution in [1.82, 2.24) is 14.9 Å². The molecule has 2 heterocycles. The second-order valence-electron chi connectivity index (χ2n) is 5.95. The van der Waals surface area contributed by atoms with Crippen LogP contribution in [0.15, 0.2) is 41.2 Å². The fourth-order valence-corrected chi connectivity index (χ4v) is 2.81. The summed E-state index contributed by atoms with van der Waals surface area (Å²) in [6.07, 6.45) is 2.07. The highest BCUT2D eigenvalue weighted by atomic mass is 16.5. The van der Waals surface area contributed by atoms with Crippen molar-refractivity contribution >= 4 is 5.91 Å². The zero-order valence-corrected chi connectivity index (χ0v) is 13.7. The van der Waals surface area contributed by atoms with Crippen molar-refractivity contribution in [2.45, 2.75) is 32.4 Å². The van der Waals surface area contributed by atoms with E-state index < -0.39 is 0 Å². The van der Waals surface area contributed by atoms with Gasteiger partial charge in [0.2, 0.25) is 5.91 Å². The van der Waals surface area contributed by atoms with Crippen molar-refractivity contribution in [1.29, 1.82) is 0 Å². The Morgan fingerprint density at radius 3 is 2.88 bits per heavy atom. The van der Waals surface area contributed by atoms with Crippen LogP contribution in [0.5, 0.6) is 0 Å². The monoisotopic (exact) mass is 327 g/mol. The molecule has 1 saturated heterocycles. The Hall–Kier alpha value is -2.47. The molecule has 2 aromatic rings. The van der Waals surface area contributed by atoms with E-state index >= 15 is 0 Å². The molecule has 0 spiro atoms. The lowest BCUT2D eigenvalue weighted by atomic mass is 10.2. The fraction of sp³-hybridized carbons (Fsp3) is 0.389. The number of rotatable bonds is 5. The van der Waals surface area contributed by atoms with E-state index in [1.54, 1.807) is 6.92 Å². The number of carbonyl (C=O) groups is 1. The SMILES string of the molecule is Cc1cc(=O)n(CC(=O)NC[C@@H]2CCCO2)c(-c2ccccc2)n1. The Kier molecular flexibility index (Phi) is 5.05. The molecule has 0 unspecified atom stereocenters. The zero-order valence-electron chi connectivity index (χ0n) is 13.7. The minimum atomic E-state index is -0.228. The number of aromatic nitrogens is 2. The lowest BCUT2D eigenvalue weighted by Crippen LogP contribution is -2.37. The molecule has 0 saturated carbocycles. The third-order valence-corrected chi connectivity index (χ3v) is 4.02. The third kappa shape index (κ3) is 3.89. The summed E-state index contributed by atoms with van der Waals surface area (Å²) in [5, 5.41) is 2.84. The molecular weight excluding hydrogens is 306 g/mol. The van der Waals surface area contributed by atoms with Crippen LogP contribution in [0.4, 0.5) is 0 Å². The van der Waals surface area contributed by atoms with Gasteiger partial charge in [-0.2, -0.15) is 0 Å². The number of hydrogen-bond acceptors (Lipinski definition) is 4. The molecule has 0 bridgehead atoms. The lowest BCUT2D eigenvalue weighted by Gasteiger charge is -2.14. The Balaban J connectivity index is 1.79. The Labute approximate surface area is 140 Å². The molecule has 0 aliphatic carbocycles.